The molecular weight excluding hydrogens is 316 g/mol. The van der Waals surface area contributed by atoms with E-state index >= 15 is 0 Å². The van der Waals surface area contributed by atoms with Crippen LogP contribution in [0.2, 0.25) is 0 Å². The highest BCUT2D eigenvalue weighted by Gasteiger charge is 2.20. The van der Waals surface area contributed by atoms with Gasteiger partial charge in [0.15, 0.2) is 0 Å². The highest BCUT2D eigenvalue weighted by molar-refractivity contribution is 5.76. The molecule has 1 fully saturated rings. The Bertz CT molecular complexity index is 647. The maximum atomic E-state index is 11.9. The van der Waals surface area contributed by atoms with Crippen LogP contribution in [0.5, 0.6) is 5.75 Å². The molecule has 1 aliphatic rings. The summed E-state index contributed by atoms with van der Waals surface area (Å²) in [6.45, 7) is 7.11. The van der Waals surface area contributed by atoms with Gasteiger partial charge in [0.05, 0.1) is 5.69 Å². The molecule has 134 valence electrons. The number of aromatic amines is 1. The number of benzene rings is 1. The van der Waals surface area contributed by atoms with Crippen LogP contribution < -0.4 is 4.74 Å². The monoisotopic (exact) mass is 342 g/mol. The van der Waals surface area contributed by atoms with Crippen LogP contribution in [0, 0.1) is 0 Å². The third kappa shape index (κ3) is 4.82. The lowest BCUT2D eigenvalue weighted by molar-refractivity contribution is -0.133. The predicted octanol–water partition coefficient (Wildman–Crippen LogP) is 2.40. The Balaban J connectivity index is 1.38. The number of amides is 1. The van der Waals surface area contributed by atoms with Crippen molar-refractivity contribution < 1.29 is 9.53 Å². The third-order valence-corrected chi connectivity index (χ3v) is 4.53. The topological polar surface area (TPSA) is 61.5 Å². The van der Waals surface area contributed by atoms with E-state index in [1.165, 1.54) is 0 Å². The highest BCUT2D eigenvalue weighted by atomic mass is 16.5. The van der Waals surface area contributed by atoms with E-state index in [0.717, 1.165) is 56.2 Å². The lowest BCUT2D eigenvalue weighted by Crippen LogP contribution is -2.49. The molecule has 1 amide bonds. The summed E-state index contributed by atoms with van der Waals surface area (Å²) in [6, 6.07) is 9.97. The average Bonchev–Trinajstić information content (AvgIpc) is 3.18. The second-order valence-corrected chi connectivity index (χ2v) is 6.32. The summed E-state index contributed by atoms with van der Waals surface area (Å²) in [7, 11) is 0. The van der Waals surface area contributed by atoms with E-state index in [0.29, 0.717) is 13.0 Å². The van der Waals surface area contributed by atoms with E-state index in [4.69, 9.17) is 4.74 Å². The van der Waals surface area contributed by atoms with E-state index in [9.17, 15) is 4.79 Å². The second kappa shape index (κ2) is 8.67. The molecule has 1 aromatic heterocycles. The molecule has 1 N–H and O–H groups in total. The smallest absolute Gasteiger partial charge is 0.222 e. The van der Waals surface area contributed by atoms with Gasteiger partial charge >= 0.3 is 0 Å². The first-order valence-electron chi connectivity index (χ1n) is 8.99. The molecule has 25 heavy (non-hydrogen) atoms. The summed E-state index contributed by atoms with van der Waals surface area (Å²) in [6.07, 6.45) is 3.33. The first-order chi connectivity index (χ1) is 12.3. The number of ether oxygens (including phenoxy) is 1. The Morgan fingerprint density at radius 3 is 2.56 bits per heavy atom. The van der Waals surface area contributed by atoms with Crippen molar-refractivity contribution in [2.75, 3.05) is 39.3 Å². The highest BCUT2D eigenvalue weighted by Crippen LogP contribution is 2.20. The fourth-order valence-corrected chi connectivity index (χ4v) is 3.03. The van der Waals surface area contributed by atoms with E-state index in [2.05, 4.69) is 15.1 Å². The van der Waals surface area contributed by atoms with Crippen molar-refractivity contribution in [3.05, 3.63) is 36.5 Å². The summed E-state index contributed by atoms with van der Waals surface area (Å²) < 4.78 is 5.85. The van der Waals surface area contributed by atoms with Crippen molar-refractivity contribution >= 4 is 5.91 Å². The Labute approximate surface area is 148 Å². The van der Waals surface area contributed by atoms with E-state index in [1.54, 1.807) is 6.20 Å². The van der Waals surface area contributed by atoms with Crippen LogP contribution in [0.1, 0.15) is 19.8 Å². The van der Waals surface area contributed by atoms with Crippen molar-refractivity contribution in [2.24, 2.45) is 0 Å². The van der Waals surface area contributed by atoms with E-state index < -0.39 is 0 Å². The van der Waals surface area contributed by atoms with Gasteiger partial charge in [-0.05, 0) is 42.3 Å². The number of carbonyl (C=O) groups is 1. The van der Waals surface area contributed by atoms with E-state index in [1.807, 2.05) is 42.2 Å². The Morgan fingerprint density at radius 2 is 1.92 bits per heavy atom. The number of piperazine rings is 1. The molecule has 0 bridgehead atoms. The average molecular weight is 342 g/mol. The van der Waals surface area contributed by atoms with Gasteiger partial charge in [-0.15, -0.1) is 0 Å². The molecule has 0 unspecified atom stereocenters. The lowest BCUT2D eigenvalue weighted by atomic mass is 10.1. The van der Waals surface area contributed by atoms with Crippen LogP contribution in [-0.4, -0.2) is 65.2 Å². The Morgan fingerprint density at radius 1 is 1.16 bits per heavy atom. The van der Waals surface area contributed by atoms with Gasteiger partial charge in [0.25, 0.3) is 0 Å². The zero-order valence-electron chi connectivity index (χ0n) is 14.8. The summed E-state index contributed by atoms with van der Waals surface area (Å²) in [5.74, 6) is 1.16. The molecule has 6 nitrogen and oxygen atoms in total. The van der Waals surface area contributed by atoms with Crippen molar-refractivity contribution in [1.82, 2.24) is 20.0 Å². The third-order valence-electron chi connectivity index (χ3n) is 4.53. The number of hydrogen-bond donors (Lipinski definition) is 1. The Hall–Kier alpha value is -2.34. The van der Waals surface area contributed by atoms with Gasteiger partial charge < -0.3 is 9.64 Å². The predicted molar refractivity (Wildman–Crippen MR) is 97.4 cm³/mol. The summed E-state index contributed by atoms with van der Waals surface area (Å²) in [5.41, 5.74) is 2.10. The molecule has 0 radical (unpaired) electrons. The number of H-pyrrole nitrogens is 1. The van der Waals surface area contributed by atoms with Crippen molar-refractivity contribution in [2.45, 2.75) is 19.8 Å². The molecule has 6 heteroatoms. The van der Waals surface area contributed by atoms with Crippen LogP contribution in [0.15, 0.2) is 36.5 Å². The number of nitrogens with zero attached hydrogens (tertiary/aromatic N) is 3. The quantitative estimate of drug-likeness (QED) is 0.839. The number of carbonyl (C=O) groups excluding carboxylic acids is 1. The van der Waals surface area contributed by atoms with Gasteiger partial charge in [0, 0.05) is 45.3 Å². The maximum Gasteiger partial charge on any atom is 0.222 e. The van der Waals surface area contributed by atoms with Gasteiger partial charge in [-0.1, -0.05) is 6.92 Å². The molecule has 3 rings (SSSR count). The minimum absolute atomic E-state index is 0.288. The van der Waals surface area contributed by atoms with E-state index in [-0.39, 0.29) is 5.91 Å². The SMILES string of the molecule is CCCC(=O)N1CCN(CCOc2ccc(-c3ccn[nH]3)cc2)CC1. The normalized spacial score (nSPS) is 15.3. The van der Waals surface area contributed by atoms with Crippen molar-refractivity contribution in [1.29, 1.82) is 0 Å². The van der Waals surface area contributed by atoms with Crippen LogP contribution in [-0.2, 0) is 4.79 Å². The first kappa shape index (κ1) is 17.5. The molecule has 2 aromatic rings. The van der Waals surface area contributed by atoms with Crippen LogP contribution in [0.3, 0.4) is 0 Å². The minimum Gasteiger partial charge on any atom is -0.492 e. The fraction of sp³-hybridized carbons (Fsp3) is 0.474. The lowest BCUT2D eigenvalue weighted by Gasteiger charge is -2.34. The summed E-state index contributed by atoms with van der Waals surface area (Å²) in [5, 5.41) is 6.92. The molecular formula is C19H26N4O2. The fourth-order valence-electron chi connectivity index (χ4n) is 3.03. The largest absolute Gasteiger partial charge is 0.492 e. The zero-order valence-corrected chi connectivity index (χ0v) is 14.8. The van der Waals surface area contributed by atoms with Crippen LogP contribution in [0.25, 0.3) is 11.3 Å². The molecule has 2 heterocycles. The van der Waals surface area contributed by atoms with Gasteiger partial charge in [0.1, 0.15) is 12.4 Å². The minimum atomic E-state index is 0.288. The molecule has 1 aliphatic heterocycles. The van der Waals surface area contributed by atoms with Crippen LogP contribution >= 0.6 is 0 Å². The van der Waals surface area contributed by atoms with Crippen molar-refractivity contribution in [3.8, 4) is 17.0 Å². The number of hydrogen-bond acceptors (Lipinski definition) is 4. The summed E-state index contributed by atoms with van der Waals surface area (Å²) >= 11 is 0. The number of aromatic nitrogens is 2. The van der Waals surface area contributed by atoms with Crippen LogP contribution in [0.4, 0.5) is 0 Å². The molecule has 0 aliphatic carbocycles. The molecule has 0 saturated carbocycles. The standard InChI is InChI=1S/C19H26N4O2/c1-2-3-19(24)23-12-10-22(11-13-23)14-15-25-17-6-4-16(5-7-17)18-8-9-20-21-18/h4-9H,2-3,10-15H2,1H3,(H,20,21). The van der Waals surface area contributed by atoms with Crippen molar-refractivity contribution in [3.63, 3.8) is 0 Å². The first-order valence-corrected chi connectivity index (χ1v) is 8.99. The molecule has 1 aromatic carbocycles. The van der Waals surface area contributed by atoms with Gasteiger partial charge in [-0.2, -0.15) is 5.10 Å². The van der Waals surface area contributed by atoms with Gasteiger partial charge in [-0.25, -0.2) is 0 Å². The number of rotatable bonds is 7. The molecule has 0 atom stereocenters. The second-order valence-electron chi connectivity index (χ2n) is 6.32. The van der Waals surface area contributed by atoms with Gasteiger partial charge in [0.2, 0.25) is 5.91 Å². The molecule has 0 spiro atoms. The molecule has 1 saturated heterocycles. The number of nitrogens with one attached hydrogen (secondary N) is 1. The summed E-state index contributed by atoms with van der Waals surface area (Å²) in [4.78, 5) is 16.2. The maximum absolute atomic E-state index is 11.9. The van der Waals surface area contributed by atoms with Gasteiger partial charge in [-0.3, -0.25) is 14.8 Å². The Kier molecular flexibility index (Phi) is 6.06. The zero-order chi connectivity index (χ0) is 17.5.